The van der Waals surface area contributed by atoms with Gasteiger partial charge in [-0.05, 0) is 54.4 Å². The molecule has 0 aromatic heterocycles. The summed E-state index contributed by atoms with van der Waals surface area (Å²) in [7, 11) is 0. The van der Waals surface area contributed by atoms with Crippen molar-refractivity contribution in [2.45, 2.75) is 77.7 Å². The van der Waals surface area contributed by atoms with E-state index in [4.69, 9.17) is 14.2 Å². The van der Waals surface area contributed by atoms with Crippen LogP contribution in [-0.4, -0.2) is 48.7 Å². The molecule has 23 heavy (non-hydrogen) atoms. The molecule has 1 rings (SSSR count). The monoisotopic (exact) mass is 330 g/mol. The lowest BCUT2D eigenvalue weighted by atomic mass is 10.1. The van der Waals surface area contributed by atoms with E-state index in [1.54, 1.807) is 0 Å². The lowest BCUT2D eigenvalue weighted by Gasteiger charge is -2.21. The topological polar surface area (TPSA) is 85.9 Å². The van der Waals surface area contributed by atoms with Crippen LogP contribution in [0.5, 0.6) is 0 Å². The Bertz CT molecular complexity index is 374. The van der Waals surface area contributed by atoms with Gasteiger partial charge in [0, 0.05) is 11.1 Å². The van der Waals surface area contributed by atoms with Crippen LogP contribution < -0.4 is 10.6 Å². The molecule has 0 radical (unpaired) electrons. The molecule has 7 nitrogen and oxygen atoms in total. The van der Waals surface area contributed by atoms with Crippen molar-refractivity contribution in [3.63, 3.8) is 0 Å². The van der Waals surface area contributed by atoms with Crippen molar-refractivity contribution >= 4 is 12.2 Å². The number of ether oxygens (including phenoxy) is 3. The van der Waals surface area contributed by atoms with Crippen molar-refractivity contribution in [1.29, 1.82) is 0 Å². The molecule has 0 saturated carbocycles. The van der Waals surface area contributed by atoms with E-state index in [0.29, 0.717) is 0 Å². The van der Waals surface area contributed by atoms with E-state index < -0.39 is 12.2 Å². The molecule has 0 aliphatic carbocycles. The summed E-state index contributed by atoms with van der Waals surface area (Å²) in [4.78, 5) is 23.2. The lowest BCUT2D eigenvalue weighted by Crippen LogP contribution is -2.42. The fraction of sp³-hybridized carbons (Fsp3) is 0.875. The van der Waals surface area contributed by atoms with E-state index in [0.717, 1.165) is 12.8 Å². The summed E-state index contributed by atoms with van der Waals surface area (Å²) >= 11 is 0. The highest BCUT2D eigenvalue weighted by molar-refractivity contribution is 5.68. The second kappa shape index (κ2) is 7.86. The number of carbonyl (C=O) groups is 2. The van der Waals surface area contributed by atoms with Crippen molar-refractivity contribution in [1.82, 2.24) is 10.6 Å². The molecule has 0 aromatic rings. The quantitative estimate of drug-likeness (QED) is 0.827. The van der Waals surface area contributed by atoms with Crippen LogP contribution in [0.15, 0.2) is 0 Å². The summed E-state index contributed by atoms with van der Waals surface area (Å²) in [5.41, 5.74) is -0.658. The molecule has 7 heteroatoms. The van der Waals surface area contributed by atoms with Crippen molar-refractivity contribution in [2.75, 3.05) is 13.2 Å². The first-order valence-corrected chi connectivity index (χ1v) is 8.00. The maximum absolute atomic E-state index is 11.6. The first-order valence-electron chi connectivity index (χ1n) is 8.00. The molecule has 1 aliphatic rings. The van der Waals surface area contributed by atoms with Gasteiger partial charge in [-0.3, -0.25) is 0 Å². The van der Waals surface area contributed by atoms with Crippen LogP contribution in [0.4, 0.5) is 9.59 Å². The first-order chi connectivity index (χ1) is 10.4. The molecular weight excluding hydrogens is 300 g/mol. The SMILES string of the molecule is CC(C)(C)NC(=O)OC[C@H]1CC[C@@H](COC(=O)NC(C)(C)C)O1. The molecule has 1 fully saturated rings. The predicted octanol–water partition coefficient (Wildman–Crippen LogP) is 2.58. The third-order valence-electron chi connectivity index (χ3n) is 2.95. The van der Waals surface area contributed by atoms with Gasteiger partial charge in [-0.25, -0.2) is 9.59 Å². The Morgan fingerprint density at radius 1 is 0.870 bits per heavy atom. The molecule has 0 unspecified atom stereocenters. The largest absolute Gasteiger partial charge is 0.447 e. The van der Waals surface area contributed by atoms with Gasteiger partial charge in [0.25, 0.3) is 0 Å². The van der Waals surface area contributed by atoms with Gasteiger partial charge in [-0.15, -0.1) is 0 Å². The normalized spacial score (nSPS) is 21.7. The Balaban J connectivity index is 2.20. The molecule has 2 amide bonds. The number of rotatable bonds is 4. The molecule has 2 N–H and O–H groups in total. The van der Waals surface area contributed by atoms with Gasteiger partial charge in [0.2, 0.25) is 0 Å². The van der Waals surface area contributed by atoms with Crippen molar-refractivity contribution in [3.05, 3.63) is 0 Å². The zero-order valence-corrected chi connectivity index (χ0v) is 15.0. The highest BCUT2D eigenvalue weighted by atomic mass is 16.6. The maximum atomic E-state index is 11.6. The fourth-order valence-corrected chi connectivity index (χ4v) is 2.05. The van der Waals surface area contributed by atoms with E-state index in [9.17, 15) is 9.59 Å². The van der Waals surface area contributed by atoms with E-state index in [-0.39, 0.29) is 36.5 Å². The van der Waals surface area contributed by atoms with Crippen molar-refractivity contribution < 1.29 is 23.8 Å². The summed E-state index contributed by atoms with van der Waals surface area (Å²) in [6.07, 6.45) is 0.339. The smallest absolute Gasteiger partial charge is 0.407 e. The summed E-state index contributed by atoms with van der Waals surface area (Å²) in [5.74, 6) is 0. The van der Waals surface area contributed by atoms with Gasteiger partial charge in [-0.2, -0.15) is 0 Å². The maximum Gasteiger partial charge on any atom is 0.407 e. The molecule has 0 aromatic carbocycles. The van der Waals surface area contributed by atoms with Crippen LogP contribution in [0.25, 0.3) is 0 Å². The van der Waals surface area contributed by atoms with Crippen LogP contribution in [0.2, 0.25) is 0 Å². The van der Waals surface area contributed by atoms with Crippen LogP contribution in [0.1, 0.15) is 54.4 Å². The predicted molar refractivity (Wildman–Crippen MR) is 86.4 cm³/mol. The molecule has 1 saturated heterocycles. The number of amides is 2. The van der Waals surface area contributed by atoms with Crippen molar-refractivity contribution in [3.8, 4) is 0 Å². The summed E-state index contributed by atoms with van der Waals surface area (Å²) in [6, 6.07) is 0. The van der Waals surface area contributed by atoms with Crippen LogP contribution in [0, 0.1) is 0 Å². The zero-order chi connectivity index (χ0) is 17.7. The minimum atomic E-state index is -0.453. The molecule has 1 heterocycles. The Morgan fingerprint density at radius 3 is 1.52 bits per heavy atom. The number of hydrogen-bond acceptors (Lipinski definition) is 5. The second-order valence-corrected chi connectivity index (χ2v) is 7.90. The Labute approximate surface area is 138 Å². The van der Waals surface area contributed by atoms with E-state index in [1.165, 1.54) is 0 Å². The fourth-order valence-electron chi connectivity index (χ4n) is 2.05. The summed E-state index contributed by atoms with van der Waals surface area (Å²) in [6.45, 7) is 11.7. The van der Waals surface area contributed by atoms with Gasteiger partial charge in [0.05, 0.1) is 12.2 Å². The average molecular weight is 330 g/mol. The second-order valence-electron chi connectivity index (χ2n) is 7.90. The summed E-state index contributed by atoms with van der Waals surface area (Å²) < 4.78 is 16.0. The van der Waals surface area contributed by atoms with Crippen LogP contribution in [-0.2, 0) is 14.2 Å². The zero-order valence-electron chi connectivity index (χ0n) is 15.0. The number of hydrogen-bond donors (Lipinski definition) is 2. The standard InChI is InChI=1S/C16H30N2O5/c1-15(2,3)17-13(19)21-9-11-7-8-12(23-11)10-22-14(20)18-16(4,5)6/h11-12H,7-10H2,1-6H3,(H,17,19)(H,18,20)/t11-,12+. The minimum Gasteiger partial charge on any atom is -0.447 e. The van der Waals surface area contributed by atoms with Gasteiger partial charge in [0.1, 0.15) is 13.2 Å². The van der Waals surface area contributed by atoms with Gasteiger partial charge < -0.3 is 24.8 Å². The Morgan fingerprint density at radius 2 is 1.22 bits per heavy atom. The molecule has 0 bridgehead atoms. The van der Waals surface area contributed by atoms with Crippen LogP contribution in [0.3, 0.4) is 0 Å². The van der Waals surface area contributed by atoms with E-state index in [1.807, 2.05) is 41.5 Å². The molecule has 0 spiro atoms. The molecule has 1 aliphatic heterocycles. The van der Waals surface area contributed by atoms with Gasteiger partial charge >= 0.3 is 12.2 Å². The third kappa shape index (κ3) is 9.28. The average Bonchev–Trinajstić information content (AvgIpc) is 2.77. The highest BCUT2D eigenvalue weighted by Crippen LogP contribution is 2.20. The van der Waals surface area contributed by atoms with E-state index >= 15 is 0 Å². The molecule has 134 valence electrons. The molecule has 2 atom stereocenters. The van der Waals surface area contributed by atoms with Crippen molar-refractivity contribution in [2.24, 2.45) is 0 Å². The Kier molecular flexibility index (Phi) is 6.68. The highest BCUT2D eigenvalue weighted by Gasteiger charge is 2.28. The minimum absolute atomic E-state index is 0.153. The van der Waals surface area contributed by atoms with Crippen LogP contribution >= 0.6 is 0 Å². The number of carbonyl (C=O) groups excluding carboxylic acids is 2. The van der Waals surface area contributed by atoms with Gasteiger partial charge in [0.15, 0.2) is 0 Å². The first kappa shape index (κ1) is 19.5. The number of alkyl carbamates (subject to hydrolysis) is 2. The summed E-state index contributed by atoms with van der Waals surface area (Å²) in [5, 5.41) is 5.44. The van der Waals surface area contributed by atoms with Gasteiger partial charge in [-0.1, -0.05) is 0 Å². The lowest BCUT2D eigenvalue weighted by molar-refractivity contribution is -0.0209. The Hall–Kier alpha value is -1.50. The third-order valence-corrected chi connectivity index (χ3v) is 2.95. The molecular formula is C16H30N2O5. The van der Waals surface area contributed by atoms with E-state index in [2.05, 4.69) is 10.6 Å². The number of nitrogens with one attached hydrogen (secondary N) is 2.